The fraction of sp³-hybridized carbons (Fsp3) is 0.300. The van der Waals surface area contributed by atoms with Crippen LogP contribution in [0.15, 0.2) is 48.8 Å². The van der Waals surface area contributed by atoms with Crippen LogP contribution >= 0.6 is 0 Å². The maximum Gasteiger partial charge on any atom is 0.326 e. The highest BCUT2D eigenvalue weighted by Gasteiger charge is 2.26. The summed E-state index contributed by atoms with van der Waals surface area (Å²) in [7, 11) is 0. The van der Waals surface area contributed by atoms with Crippen molar-refractivity contribution in [2.45, 2.75) is 26.5 Å². The number of carbonyl (C=O) groups excluding carboxylic acids is 2. The number of nitrogens with one attached hydrogen (secondary N) is 1. The summed E-state index contributed by atoms with van der Waals surface area (Å²) in [6.45, 7) is 3.42. The van der Waals surface area contributed by atoms with Crippen LogP contribution in [0.4, 0.5) is 0 Å². The number of ether oxygens (including phenoxy) is 1. The Kier molecular flexibility index (Phi) is 7.50. The molecule has 0 aliphatic heterocycles. The first-order valence-corrected chi connectivity index (χ1v) is 8.78. The van der Waals surface area contributed by atoms with Crippen molar-refractivity contribution in [2.75, 3.05) is 13.1 Å². The van der Waals surface area contributed by atoms with Crippen LogP contribution in [0.3, 0.4) is 0 Å². The van der Waals surface area contributed by atoms with Crippen molar-refractivity contribution in [1.29, 1.82) is 0 Å². The second kappa shape index (κ2) is 10.1. The third kappa shape index (κ3) is 6.08. The molecule has 1 aromatic carbocycles. The molecule has 28 heavy (non-hydrogen) atoms. The largest absolute Gasteiger partial charge is 0.489 e. The van der Waals surface area contributed by atoms with E-state index in [1.54, 1.807) is 36.7 Å². The summed E-state index contributed by atoms with van der Waals surface area (Å²) in [4.78, 5) is 40.3. The van der Waals surface area contributed by atoms with E-state index in [9.17, 15) is 19.5 Å². The predicted octanol–water partition coefficient (Wildman–Crippen LogP) is 1.71. The van der Waals surface area contributed by atoms with Crippen molar-refractivity contribution in [1.82, 2.24) is 15.2 Å². The number of benzene rings is 1. The standard InChI is InChI=1S/C20H23N3O5/c1-14(20(26)27)23(12-11-22-15(2)24)19(25)17-3-5-18(6-4-17)28-13-16-7-9-21-10-8-16/h3-10,14H,11-13H2,1-2H3,(H,22,24)(H,26,27). The number of aliphatic carboxylic acids is 1. The minimum Gasteiger partial charge on any atom is -0.489 e. The first-order valence-electron chi connectivity index (χ1n) is 8.78. The van der Waals surface area contributed by atoms with Crippen molar-refractivity contribution in [3.63, 3.8) is 0 Å². The van der Waals surface area contributed by atoms with Gasteiger partial charge in [-0.05, 0) is 48.9 Å². The third-order valence-corrected chi connectivity index (χ3v) is 4.07. The first kappa shape index (κ1) is 20.9. The molecule has 0 spiro atoms. The van der Waals surface area contributed by atoms with Crippen LogP contribution in [-0.4, -0.2) is 51.9 Å². The van der Waals surface area contributed by atoms with Gasteiger partial charge in [-0.1, -0.05) is 0 Å². The summed E-state index contributed by atoms with van der Waals surface area (Å²) in [5, 5.41) is 11.8. The molecule has 2 amide bonds. The first-order chi connectivity index (χ1) is 13.4. The molecule has 1 heterocycles. The average molecular weight is 385 g/mol. The van der Waals surface area contributed by atoms with Gasteiger partial charge >= 0.3 is 5.97 Å². The Morgan fingerprint density at radius 2 is 1.79 bits per heavy atom. The fourth-order valence-electron chi connectivity index (χ4n) is 2.46. The Hall–Kier alpha value is -3.42. The maximum absolute atomic E-state index is 12.8. The van der Waals surface area contributed by atoms with E-state index in [2.05, 4.69) is 10.3 Å². The van der Waals surface area contributed by atoms with Gasteiger partial charge in [0.2, 0.25) is 5.91 Å². The van der Waals surface area contributed by atoms with E-state index in [1.165, 1.54) is 18.7 Å². The number of carboxylic acid groups (broad SMARTS) is 1. The minimum atomic E-state index is -1.12. The Morgan fingerprint density at radius 3 is 2.36 bits per heavy atom. The van der Waals surface area contributed by atoms with Gasteiger partial charge in [0, 0.05) is 38.0 Å². The molecular formula is C20H23N3O5. The van der Waals surface area contributed by atoms with Crippen molar-refractivity contribution < 1.29 is 24.2 Å². The molecule has 0 fully saturated rings. The zero-order chi connectivity index (χ0) is 20.5. The van der Waals surface area contributed by atoms with Crippen LogP contribution in [0.1, 0.15) is 29.8 Å². The Bertz CT molecular complexity index is 808. The van der Waals surface area contributed by atoms with Gasteiger partial charge in [-0.25, -0.2) is 4.79 Å². The molecule has 8 nitrogen and oxygen atoms in total. The van der Waals surface area contributed by atoms with Crippen LogP contribution in [0.5, 0.6) is 5.75 Å². The van der Waals surface area contributed by atoms with Crippen LogP contribution in [-0.2, 0) is 16.2 Å². The molecule has 0 aliphatic rings. The van der Waals surface area contributed by atoms with Gasteiger partial charge in [0.25, 0.3) is 5.91 Å². The summed E-state index contributed by atoms with van der Waals surface area (Å²) in [6.07, 6.45) is 3.36. The number of pyridine rings is 1. The molecule has 0 saturated carbocycles. The number of aromatic nitrogens is 1. The smallest absolute Gasteiger partial charge is 0.326 e. The zero-order valence-electron chi connectivity index (χ0n) is 15.8. The van der Waals surface area contributed by atoms with Gasteiger partial charge in [-0.15, -0.1) is 0 Å². The van der Waals surface area contributed by atoms with E-state index in [4.69, 9.17) is 4.74 Å². The fourth-order valence-corrected chi connectivity index (χ4v) is 2.46. The molecule has 0 aliphatic carbocycles. The molecule has 8 heteroatoms. The van der Waals surface area contributed by atoms with E-state index in [0.717, 1.165) is 5.56 Å². The Morgan fingerprint density at radius 1 is 1.14 bits per heavy atom. The van der Waals surface area contributed by atoms with E-state index in [1.807, 2.05) is 12.1 Å². The number of amides is 2. The van der Waals surface area contributed by atoms with Crippen molar-refractivity contribution >= 4 is 17.8 Å². The number of rotatable bonds is 9. The van der Waals surface area contributed by atoms with Crippen molar-refractivity contribution in [2.24, 2.45) is 0 Å². The number of carbonyl (C=O) groups is 3. The Balaban J connectivity index is 2.04. The molecule has 2 rings (SSSR count). The SMILES string of the molecule is CC(=O)NCCN(C(=O)c1ccc(OCc2ccncc2)cc1)C(C)C(=O)O. The lowest BCUT2D eigenvalue weighted by atomic mass is 10.1. The molecule has 1 atom stereocenters. The van der Waals surface area contributed by atoms with Crippen LogP contribution in [0, 0.1) is 0 Å². The molecule has 0 radical (unpaired) electrons. The third-order valence-electron chi connectivity index (χ3n) is 4.07. The van der Waals surface area contributed by atoms with Gasteiger partial charge in [-0.2, -0.15) is 0 Å². The van der Waals surface area contributed by atoms with Crippen molar-refractivity contribution in [3.05, 3.63) is 59.9 Å². The number of carboxylic acids is 1. The van der Waals surface area contributed by atoms with Crippen molar-refractivity contribution in [3.8, 4) is 5.75 Å². The monoisotopic (exact) mass is 385 g/mol. The lowest BCUT2D eigenvalue weighted by molar-refractivity contribution is -0.141. The maximum atomic E-state index is 12.8. The van der Waals surface area contributed by atoms with E-state index in [-0.39, 0.29) is 19.0 Å². The molecule has 2 N–H and O–H groups in total. The average Bonchev–Trinajstić information content (AvgIpc) is 2.69. The molecular weight excluding hydrogens is 362 g/mol. The van der Waals surface area contributed by atoms with E-state index in [0.29, 0.717) is 17.9 Å². The topological polar surface area (TPSA) is 109 Å². The molecule has 2 aromatic rings. The predicted molar refractivity (Wildman–Crippen MR) is 102 cm³/mol. The van der Waals surface area contributed by atoms with Crippen LogP contribution < -0.4 is 10.1 Å². The number of hydrogen-bond donors (Lipinski definition) is 2. The highest BCUT2D eigenvalue weighted by molar-refractivity contribution is 5.96. The van der Waals surface area contributed by atoms with Gasteiger partial charge in [0.1, 0.15) is 18.4 Å². The normalized spacial score (nSPS) is 11.4. The summed E-state index contributed by atoms with van der Waals surface area (Å²) < 4.78 is 5.67. The quantitative estimate of drug-likeness (QED) is 0.680. The summed E-state index contributed by atoms with van der Waals surface area (Å²) >= 11 is 0. The summed E-state index contributed by atoms with van der Waals surface area (Å²) in [5.74, 6) is -1.20. The second-order valence-electron chi connectivity index (χ2n) is 6.16. The lowest BCUT2D eigenvalue weighted by Gasteiger charge is -2.26. The van der Waals surface area contributed by atoms with E-state index < -0.39 is 17.9 Å². The van der Waals surface area contributed by atoms with Crippen LogP contribution in [0.25, 0.3) is 0 Å². The lowest BCUT2D eigenvalue weighted by Crippen LogP contribution is -2.46. The second-order valence-corrected chi connectivity index (χ2v) is 6.16. The highest BCUT2D eigenvalue weighted by atomic mass is 16.5. The minimum absolute atomic E-state index is 0.0895. The molecule has 1 aromatic heterocycles. The van der Waals surface area contributed by atoms with Crippen LogP contribution in [0.2, 0.25) is 0 Å². The van der Waals surface area contributed by atoms with Gasteiger partial charge < -0.3 is 20.1 Å². The number of hydrogen-bond acceptors (Lipinski definition) is 5. The molecule has 0 bridgehead atoms. The molecule has 1 unspecified atom stereocenters. The van der Waals surface area contributed by atoms with Gasteiger partial charge in [0.15, 0.2) is 0 Å². The zero-order valence-corrected chi connectivity index (χ0v) is 15.8. The highest BCUT2D eigenvalue weighted by Crippen LogP contribution is 2.16. The summed E-state index contributed by atoms with van der Waals surface area (Å²) in [5.41, 5.74) is 1.31. The molecule has 0 saturated heterocycles. The van der Waals surface area contributed by atoms with Gasteiger partial charge in [-0.3, -0.25) is 14.6 Å². The van der Waals surface area contributed by atoms with Gasteiger partial charge in [0.05, 0.1) is 0 Å². The number of nitrogens with zero attached hydrogens (tertiary/aromatic N) is 2. The Labute approximate surface area is 163 Å². The van der Waals surface area contributed by atoms with E-state index >= 15 is 0 Å². The molecule has 148 valence electrons. The summed E-state index contributed by atoms with van der Waals surface area (Å²) in [6, 6.07) is 9.16.